The summed E-state index contributed by atoms with van der Waals surface area (Å²) in [6.07, 6.45) is 0.267. The Bertz CT molecular complexity index is 361. The molecule has 0 aliphatic heterocycles. The maximum atomic E-state index is 13.2. The molecule has 1 rings (SSSR count). The first-order valence-electron chi connectivity index (χ1n) is 4.56. The first kappa shape index (κ1) is 10.9. The minimum atomic E-state index is -0.337. The molecule has 0 atom stereocenters. The maximum Gasteiger partial charge on any atom is 0.164 e. The number of benzene rings is 1. The molecular formula is C11H14FNO. The van der Waals surface area contributed by atoms with E-state index < -0.39 is 0 Å². The van der Waals surface area contributed by atoms with E-state index >= 15 is 0 Å². The number of hydrogen-bond acceptors (Lipinski definition) is 2. The molecule has 1 aromatic rings. The smallest absolute Gasteiger partial charge is 0.164 e. The molecule has 2 N–H and O–H groups in total. The van der Waals surface area contributed by atoms with Gasteiger partial charge in [-0.1, -0.05) is 6.07 Å². The largest absolute Gasteiger partial charge is 0.330 e. The summed E-state index contributed by atoms with van der Waals surface area (Å²) >= 11 is 0. The predicted molar refractivity (Wildman–Crippen MR) is 53.9 cm³/mol. The molecule has 0 heterocycles. The summed E-state index contributed by atoms with van der Waals surface area (Å²) in [5, 5.41) is 0. The van der Waals surface area contributed by atoms with Crippen LogP contribution < -0.4 is 5.73 Å². The van der Waals surface area contributed by atoms with Crippen LogP contribution in [-0.2, 0) is 0 Å². The normalized spacial score (nSPS) is 10.3. The van der Waals surface area contributed by atoms with Crippen molar-refractivity contribution in [3.8, 4) is 0 Å². The van der Waals surface area contributed by atoms with Gasteiger partial charge in [-0.05, 0) is 37.6 Å². The molecule has 14 heavy (non-hydrogen) atoms. The second-order valence-corrected chi connectivity index (χ2v) is 3.38. The molecule has 0 amide bonds. The lowest BCUT2D eigenvalue weighted by atomic mass is 10.00. The zero-order valence-corrected chi connectivity index (χ0v) is 8.43. The average Bonchev–Trinajstić information content (AvgIpc) is 2.11. The van der Waals surface area contributed by atoms with Gasteiger partial charge in [-0.2, -0.15) is 0 Å². The van der Waals surface area contributed by atoms with E-state index in [9.17, 15) is 9.18 Å². The molecule has 0 aliphatic carbocycles. The van der Waals surface area contributed by atoms with Crippen LogP contribution in [0.15, 0.2) is 12.1 Å². The molecule has 0 unspecified atom stereocenters. The quantitative estimate of drug-likeness (QED) is 0.749. The van der Waals surface area contributed by atoms with Gasteiger partial charge < -0.3 is 5.73 Å². The summed E-state index contributed by atoms with van der Waals surface area (Å²) in [5.41, 5.74) is 7.08. The van der Waals surface area contributed by atoms with E-state index in [1.54, 1.807) is 19.9 Å². The van der Waals surface area contributed by atoms with E-state index in [4.69, 9.17) is 5.73 Å². The molecule has 0 aliphatic rings. The molecule has 0 spiro atoms. The zero-order valence-electron chi connectivity index (χ0n) is 8.43. The minimum absolute atomic E-state index is 0.0936. The lowest BCUT2D eigenvalue weighted by molar-refractivity contribution is 0.0984. The fraction of sp³-hybridized carbons (Fsp3) is 0.364. The highest BCUT2D eigenvalue weighted by Gasteiger charge is 2.10. The van der Waals surface area contributed by atoms with Crippen LogP contribution in [0.2, 0.25) is 0 Å². The van der Waals surface area contributed by atoms with Crippen molar-refractivity contribution in [1.82, 2.24) is 0 Å². The van der Waals surface area contributed by atoms with Crippen molar-refractivity contribution in [3.63, 3.8) is 0 Å². The number of hydrogen-bond donors (Lipinski definition) is 1. The number of aryl methyl sites for hydroxylation is 2. The Morgan fingerprint density at radius 2 is 2.00 bits per heavy atom. The molecule has 0 saturated heterocycles. The van der Waals surface area contributed by atoms with Crippen molar-refractivity contribution in [1.29, 1.82) is 0 Å². The average molecular weight is 195 g/mol. The molecule has 76 valence electrons. The third kappa shape index (κ3) is 2.17. The van der Waals surface area contributed by atoms with Crippen LogP contribution in [0, 0.1) is 19.7 Å². The molecule has 0 fully saturated rings. The molecule has 0 aromatic heterocycles. The molecule has 1 aromatic carbocycles. The van der Waals surface area contributed by atoms with Gasteiger partial charge in [-0.15, -0.1) is 0 Å². The van der Waals surface area contributed by atoms with Crippen LogP contribution in [0.4, 0.5) is 4.39 Å². The van der Waals surface area contributed by atoms with Gasteiger partial charge in [0, 0.05) is 12.0 Å². The fourth-order valence-electron chi connectivity index (χ4n) is 1.39. The number of halogens is 1. The van der Waals surface area contributed by atoms with Crippen LogP contribution in [-0.4, -0.2) is 12.3 Å². The molecular weight excluding hydrogens is 181 g/mol. The van der Waals surface area contributed by atoms with Gasteiger partial charge in [-0.3, -0.25) is 4.79 Å². The topological polar surface area (TPSA) is 43.1 Å². The van der Waals surface area contributed by atoms with E-state index in [2.05, 4.69) is 0 Å². The van der Waals surface area contributed by atoms with E-state index in [0.717, 1.165) is 5.56 Å². The lowest BCUT2D eigenvalue weighted by Crippen LogP contribution is -2.10. The van der Waals surface area contributed by atoms with Crippen LogP contribution in [0.3, 0.4) is 0 Å². The Kier molecular flexibility index (Phi) is 3.36. The van der Waals surface area contributed by atoms with Crippen LogP contribution in [0.25, 0.3) is 0 Å². The Labute approximate surface area is 82.9 Å². The molecule has 0 saturated carbocycles. The maximum absolute atomic E-state index is 13.2. The second-order valence-electron chi connectivity index (χ2n) is 3.38. The number of carbonyl (C=O) groups is 1. The van der Waals surface area contributed by atoms with Crippen molar-refractivity contribution < 1.29 is 9.18 Å². The first-order chi connectivity index (χ1) is 6.56. The Morgan fingerprint density at radius 1 is 1.36 bits per heavy atom. The summed E-state index contributed by atoms with van der Waals surface area (Å²) in [7, 11) is 0. The van der Waals surface area contributed by atoms with Gasteiger partial charge in [0.15, 0.2) is 5.78 Å². The third-order valence-electron chi connectivity index (χ3n) is 2.18. The van der Waals surface area contributed by atoms with Crippen molar-refractivity contribution in [2.75, 3.05) is 6.54 Å². The van der Waals surface area contributed by atoms with Crippen LogP contribution in [0.5, 0.6) is 0 Å². The third-order valence-corrected chi connectivity index (χ3v) is 2.18. The van der Waals surface area contributed by atoms with Crippen LogP contribution >= 0.6 is 0 Å². The second kappa shape index (κ2) is 4.33. The minimum Gasteiger partial charge on any atom is -0.330 e. The number of carbonyl (C=O) groups excluding carboxylic acids is 1. The Hall–Kier alpha value is -1.22. The van der Waals surface area contributed by atoms with Gasteiger partial charge in [0.1, 0.15) is 5.82 Å². The summed E-state index contributed by atoms with van der Waals surface area (Å²) < 4.78 is 13.2. The van der Waals surface area contributed by atoms with Crippen molar-refractivity contribution in [3.05, 3.63) is 34.6 Å². The standard InChI is InChI=1S/C11H14FNO/c1-7-5-8(2)10(12)6-9(7)11(14)3-4-13/h5-6H,3-4,13H2,1-2H3. The highest BCUT2D eigenvalue weighted by Crippen LogP contribution is 2.16. The van der Waals surface area contributed by atoms with Gasteiger partial charge >= 0.3 is 0 Å². The van der Waals surface area contributed by atoms with E-state index in [1.807, 2.05) is 0 Å². The molecule has 2 nitrogen and oxygen atoms in total. The van der Waals surface area contributed by atoms with E-state index in [1.165, 1.54) is 6.07 Å². The van der Waals surface area contributed by atoms with Gasteiger partial charge in [0.2, 0.25) is 0 Å². The van der Waals surface area contributed by atoms with Crippen molar-refractivity contribution >= 4 is 5.78 Å². The van der Waals surface area contributed by atoms with Gasteiger partial charge in [0.05, 0.1) is 0 Å². The summed E-state index contributed by atoms with van der Waals surface area (Å²) in [6.45, 7) is 3.78. The summed E-state index contributed by atoms with van der Waals surface area (Å²) in [4.78, 5) is 11.5. The van der Waals surface area contributed by atoms with Crippen molar-refractivity contribution in [2.45, 2.75) is 20.3 Å². The number of nitrogens with two attached hydrogens (primary N) is 1. The highest BCUT2D eigenvalue weighted by molar-refractivity contribution is 5.97. The van der Waals surface area contributed by atoms with Gasteiger partial charge in [0.25, 0.3) is 0 Å². The molecule has 0 radical (unpaired) electrons. The highest BCUT2D eigenvalue weighted by atomic mass is 19.1. The molecule has 0 bridgehead atoms. The summed E-state index contributed by atoms with van der Waals surface area (Å²) in [6, 6.07) is 2.97. The zero-order chi connectivity index (χ0) is 10.7. The summed E-state index contributed by atoms with van der Waals surface area (Å²) in [5.74, 6) is -0.431. The molecule has 3 heteroatoms. The fourth-order valence-corrected chi connectivity index (χ4v) is 1.39. The first-order valence-corrected chi connectivity index (χ1v) is 4.56. The van der Waals surface area contributed by atoms with Gasteiger partial charge in [-0.25, -0.2) is 4.39 Å². The van der Waals surface area contributed by atoms with E-state index in [-0.39, 0.29) is 18.0 Å². The number of rotatable bonds is 3. The number of Topliss-reactive ketones (excluding diaryl/α,β-unsaturated/α-hetero) is 1. The number of ketones is 1. The Morgan fingerprint density at radius 3 is 2.57 bits per heavy atom. The SMILES string of the molecule is Cc1cc(C)c(C(=O)CCN)cc1F. The van der Waals surface area contributed by atoms with Crippen LogP contribution in [0.1, 0.15) is 27.9 Å². The monoisotopic (exact) mass is 195 g/mol. The Balaban J connectivity index is 3.09. The van der Waals surface area contributed by atoms with E-state index in [0.29, 0.717) is 17.7 Å². The van der Waals surface area contributed by atoms with Crippen molar-refractivity contribution in [2.24, 2.45) is 5.73 Å². The lowest BCUT2D eigenvalue weighted by Gasteiger charge is -2.06. The predicted octanol–water partition coefficient (Wildman–Crippen LogP) is 1.97.